The average molecular weight is 509 g/mol. The fourth-order valence-corrected chi connectivity index (χ4v) is 7.30. The summed E-state index contributed by atoms with van der Waals surface area (Å²) in [6.45, 7) is 5.31. The molecule has 0 bridgehead atoms. The monoisotopic (exact) mass is 509 g/mol. The first-order valence-electron chi connectivity index (χ1n) is 10.7. The highest BCUT2D eigenvalue weighted by atomic mass is 127. The van der Waals surface area contributed by atoms with Crippen LogP contribution < -0.4 is 5.32 Å². The number of hydrogen-bond donors (Lipinski definition) is 1. The molecule has 1 N–H and O–H groups in total. The molecule has 2 saturated heterocycles. The van der Waals surface area contributed by atoms with Gasteiger partial charge in [-0.1, -0.05) is 26.2 Å². The third-order valence-electron chi connectivity index (χ3n) is 7.55. The van der Waals surface area contributed by atoms with Crippen LogP contribution in [0, 0.1) is 17.3 Å². The van der Waals surface area contributed by atoms with Gasteiger partial charge in [-0.05, 0) is 55.8 Å². The Morgan fingerprint density at radius 2 is 1.89 bits per heavy atom. The Labute approximate surface area is 182 Å². The van der Waals surface area contributed by atoms with Crippen molar-refractivity contribution in [2.75, 3.05) is 31.1 Å². The molecule has 4 aliphatic rings. The number of rotatable bonds is 3. The Bertz CT molecular complexity index is 642. The van der Waals surface area contributed by atoms with E-state index in [1.165, 1.54) is 51.4 Å². The summed E-state index contributed by atoms with van der Waals surface area (Å²) in [4.78, 5) is 7.48. The zero-order valence-electron chi connectivity index (χ0n) is 16.7. The maximum absolute atomic E-state index is 11.8. The molecule has 2 heterocycles. The number of nitrogens with zero attached hydrogens (tertiary/aromatic N) is 2. The summed E-state index contributed by atoms with van der Waals surface area (Å²) in [6.07, 6.45) is 11.2. The van der Waals surface area contributed by atoms with Crippen molar-refractivity contribution < 1.29 is 8.42 Å². The molecule has 0 aromatic carbocycles. The van der Waals surface area contributed by atoms with Gasteiger partial charge in [0.2, 0.25) is 0 Å². The van der Waals surface area contributed by atoms with Gasteiger partial charge >= 0.3 is 0 Å². The van der Waals surface area contributed by atoms with Crippen molar-refractivity contribution in [2.24, 2.45) is 22.2 Å². The molecule has 2 aliphatic carbocycles. The number of aliphatic imine (C=N–C) groups is 1. The van der Waals surface area contributed by atoms with E-state index in [2.05, 4.69) is 17.1 Å². The summed E-state index contributed by atoms with van der Waals surface area (Å²) < 4.78 is 23.5. The normalized spacial score (nSPS) is 32.9. The number of halogens is 1. The zero-order valence-corrected chi connectivity index (χ0v) is 19.8. The van der Waals surface area contributed by atoms with Crippen molar-refractivity contribution >= 4 is 39.8 Å². The predicted molar refractivity (Wildman–Crippen MR) is 122 cm³/mol. The first kappa shape index (κ1) is 21.7. The van der Waals surface area contributed by atoms with Gasteiger partial charge in [0.15, 0.2) is 15.8 Å². The van der Waals surface area contributed by atoms with Gasteiger partial charge in [-0.3, -0.25) is 4.99 Å². The topological polar surface area (TPSA) is 61.8 Å². The predicted octanol–water partition coefficient (Wildman–Crippen LogP) is 3.44. The Morgan fingerprint density at radius 1 is 1.15 bits per heavy atom. The SMILES string of the molecule is CC1CCN(C(=NCC2CCS(=O)(=O)C2)NC2CCCC2)CC12CCC2.I. The molecule has 2 atom stereocenters. The summed E-state index contributed by atoms with van der Waals surface area (Å²) in [5.74, 6) is 2.78. The van der Waals surface area contributed by atoms with Crippen LogP contribution in [0.5, 0.6) is 0 Å². The number of guanidine groups is 1. The van der Waals surface area contributed by atoms with Crippen molar-refractivity contribution in [1.82, 2.24) is 10.2 Å². The maximum Gasteiger partial charge on any atom is 0.194 e. The number of nitrogens with one attached hydrogen (secondary N) is 1. The summed E-state index contributed by atoms with van der Waals surface area (Å²) in [6, 6.07) is 0.553. The third kappa shape index (κ3) is 4.93. The fraction of sp³-hybridized carbons (Fsp3) is 0.950. The van der Waals surface area contributed by atoms with E-state index in [0.29, 0.717) is 29.5 Å². The van der Waals surface area contributed by atoms with E-state index in [1.807, 2.05) is 0 Å². The highest BCUT2D eigenvalue weighted by Crippen LogP contribution is 2.50. The van der Waals surface area contributed by atoms with E-state index in [0.717, 1.165) is 31.4 Å². The molecule has 0 aromatic rings. The van der Waals surface area contributed by atoms with Crippen molar-refractivity contribution in [3.05, 3.63) is 0 Å². The smallest absolute Gasteiger partial charge is 0.194 e. The molecule has 0 amide bonds. The van der Waals surface area contributed by atoms with Crippen LogP contribution in [0.3, 0.4) is 0 Å². The summed E-state index contributed by atoms with van der Waals surface area (Å²) in [5.41, 5.74) is 0.507. The van der Waals surface area contributed by atoms with E-state index in [4.69, 9.17) is 4.99 Å². The lowest BCUT2D eigenvalue weighted by Gasteiger charge is -2.53. The maximum atomic E-state index is 11.8. The number of piperidine rings is 1. The van der Waals surface area contributed by atoms with Crippen LogP contribution in [-0.2, 0) is 9.84 Å². The molecule has 4 fully saturated rings. The second kappa shape index (κ2) is 8.76. The minimum Gasteiger partial charge on any atom is -0.354 e. The minimum atomic E-state index is -2.81. The number of hydrogen-bond acceptors (Lipinski definition) is 3. The minimum absolute atomic E-state index is 0. The van der Waals surface area contributed by atoms with E-state index in [-0.39, 0.29) is 29.9 Å². The van der Waals surface area contributed by atoms with Crippen LogP contribution in [0.1, 0.15) is 64.7 Å². The Morgan fingerprint density at radius 3 is 2.48 bits per heavy atom. The van der Waals surface area contributed by atoms with Crippen molar-refractivity contribution in [3.63, 3.8) is 0 Å². The van der Waals surface area contributed by atoms with Crippen LogP contribution in [-0.4, -0.2) is 56.5 Å². The van der Waals surface area contributed by atoms with Crippen molar-refractivity contribution in [1.29, 1.82) is 0 Å². The molecule has 5 nitrogen and oxygen atoms in total. The molecule has 2 aliphatic heterocycles. The molecule has 0 radical (unpaired) electrons. The standard InChI is InChI=1S/C20H35N3O2S.HI/c1-16-7-11-23(15-20(16)9-4-10-20)19(22-18-5-2-3-6-18)21-13-17-8-12-26(24,25)14-17;/h16-18H,2-15H2,1H3,(H,21,22);1H. The largest absolute Gasteiger partial charge is 0.354 e. The molecule has 27 heavy (non-hydrogen) atoms. The molecule has 1 spiro atoms. The van der Waals surface area contributed by atoms with Gasteiger partial charge < -0.3 is 10.2 Å². The Kier molecular flexibility index (Phi) is 7.02. The lowest BCUT2D eigenvalue weighted by atomic mass is 9.59. The first-order chi connectivity index (χ1) is 12.5. The number of sulfone groups is 1. The first-order valence-corrected chi connectivity index (χ1v) is 12.5. The molecule has 0 aromatic heterocycles. The van der Waals surface area contributed by atoms with Gasteiger partial charge in [0.1, 0.15) is 0 Å². The highest BCUT2D eigenvalue weighted by molar-refractivity contribution is 14.0. The van der Waals surface area contributed by atoms with Gasteiger partial charge in [0, 0.05) is 25.7 Å². The Hall–Kier alpha value is -0.0500. The summed E-state index contributed by atoms with van der Waals surface area (Å²) in [7, 11) is -2.81. The van der Waals surface area contributed by atoms with E-state index >= 15 is 0 Å². The lowest BCUT2D eigenvalue weighted by molar-refractivity contribution is -0.00532. The summed E-state index contributed by atoms with van der Waals surface area (Å²) in [5, 5.41) is 3.76. The third-order valence-corrected chi connectivity index (χ3v) is 9.38. The quantitative estimate of drug-likeness (QED) is 0.360. The van der Waals surface area contributed by atoms with Crippen molar-refractivity contribution in [2.45, 2.75) is 70.8 Å². The van der Waals surface area contributed by atoms with Gasteiger partial charge in [0.05, 0.1) is 11.5 Å². The van der Waals surface area contributed by atoms with E-state index in [9.17, 15) is 8.42 Å². The fourth-order valence-electron chi connectivity index (χ4n) is 5.45. The summed E-state index contributed by atoms with van der Waals surface area (Å²) >= 11 is 0. The van der Waals surface area contributed by atoms with Gasteiger partial charge in [-0.15, -0.1) is 24.0 Å². The molecule has 2 unspecified atom stereocenters. The second-order valence-corrected chi connectivity index (χ2v) is 11.6. The molecular weight excluding hydrogens is 473 g/mol. The lowest BCUT2D eigenvalue weighted by Crippen LogP contribution is -2.57. The van der Waals surface area contributed by atoms with Crippen LogP contribution in [0.4, 0.5) is 0 Å². The Balaban J connectivity index is 0.00000210. The van der Waals surface area contributed by atoms with Gasteiger partial charge in [-0.2, -0.15) is 0 Å². The zero-order chi connectivity index (χ0) is 18.2. The molecule has 2 saturated carbocycles. The van der Waals surface area contributed by atoms with E-state index in [1.54, 1.807) is 0 Å². The van der Waals surface area contributed by atoms with Crippen molar-refractivity contribution in [3.8, 4) is 0 Å². The van der Waals surface area contributed by atoms with Crippen LogP contribution in [0.15, 0.2) is 4.99 Å². The van der Waals surface area contributed by atoms with Crippen LogP contribution in [0.25, 0.3) is 0 Å². The molecule has 4 rings (SSSR count). The van der Waals surface area contributed by atoms with E-state index < -0.39 is 9.84 Å². The number of likely N-dealkylation sites (tertiary alicyclic amines) is 1. The molecule has 7 heteroatoms. The van der Waals surface area contributed by atoms with Gasteiger partial charge in [0.25, 0.3) is 0 Å². The molecule has 156 valence electrons. The molecular formula is C20H36IN3O2S. The van der Waals surface area contributed by atoms with Gasteiger partial charge in [-0.25, -0.2) is 8.42 Å². The van der Waals surface area contributed by atoms with Crippen LogP contribution >= 0.6 is 24.0 Å². The average Bonchev–Trinajstić information content (AvgIpc) is 3.19. The highest BCUT2D eigenvalue weighted by Gasteiger charge is 2.46. The second-order valence-electron chi connectivity index (χ2n) is 9.39. The van der Waals surface area contributed by atoms with Crippen LogP contribution in [0.2, 0.25) is 0 Å².